The Morgan fingerprint density at radius 1 is 1.15 bits per heavy atom. The molecule has 0 spiro atoms. The highest BCUT2D eigenvalue weighted by Gasteiger charge is 2.20. The molecule has 110 valence electrons. The summed E-state index contributed by atoms with van der Waals surface area (Å²) in [6.45, 7) is 2.89. The molecule has 0 aromatic heterocycles. The fourth-order valence-corrected chi connectivity index (χ4v) is 1.63. The van der Waals surface area contributed by atoms with Crippen LogP contribution in [-0.4, -0.2) is 35.6 Å². The molecule has 5 N–H and O–H groups in total. The van der Waals surface area contributed by atoms with E-state index in [1.807, 2.05) is 30.3 Å². The quantitative estimate of drug-likeness (QED) is 0.573. The number of carbonyl (C=O) groups is 2. The lowest BCUT2D eigenvalue weighted by Gasteiger charge is -2.21. The molecule has 0 aliphatic heterocycles. The first-order chi connectivity index (χ1) is 9.45. The minimum Gasteiger partial charge on any atom is -0.394 e. The number of aliphatic hydroxyl groups excluding tert-OH is 1. The zero-order valence-corrected chi connectivity index (χ0v) is 11.7. The molecule has 0 saturated heterocycles. The molecule has 0 heterocycles. The zero-order valence-electron chi connectivity index (χ0n) is 11.7. The Bertz CT molecular complexity index is 448. The summed E-state index contributed by atoms with van der Waals surface area (Å²) in [5, 5.41) is 14.5. The van der Waals surface area contributed by atoms with Gasteiger partial charge in [-0.2, -0.15) is 0 Å². The molecule has 0 unspecified atom stereocenters. The van der Waals surface area contributed by atoms with Crippen LogP contribution in [0.5, 0.6) is 0 Å². The smallest absolute Gasteiger partial charge is 0.242 e. The van der Waals surface area contributed by atoms with Gasteiger partial charge in [0.2, 0.25) is 11.8 Å². The number of rotatable bonds is 6. The molecular weight excluding hydrogens is 258 g/mol. The molecule has 1 aromatic rings. The third-order valence-electron chi connectivity index (χ3n) is 2.87. The van der Waals surface area contributed by atoms with Gasteiger partial charge >= 0.3 is 0 Å². The van der Waals surface area contributed by atoms with Gasteiger partial charge in [0, 0.05) is 0 Å². The molecule has 1 aromatic carbocycles. The highest BCUT2D eigenvalue weighted by atomic mass is 16.3. The van der Waals surface area contributed by atoms with Crippen LogP contribution in [-0.2, 0) is 9.59 Å². The van der Waals surface area contributed by atoms with Crippen LogP contribution in [0.25, 0.3) is 0 Å². The van der Waals surface area contributed by atoms with Crippen molar-refractivity contribution in [2.45, 2.75) is 32.0 Å². The first-order valence-electron chi connectivity index (χ1n) is 6.47. The third kappa shape index (κ3) is 4.64. The largest absolute Gasteiger partial charge is 0.394 e. The monoisotopic (exact) mass is 279 g/mol. The highest BCUT2D eigenvalue weighted by molar-refractivity contribution is 5.89. The SMILES string of the molecule is C[C@H](N)C(=O)N[C@@H](C)C(=O)N[C@H](CO)c1ccccc1. The van der Waals surface area contributed by atoms with Gasteiger partial charge in [-0.05, 0) is 19.4 Å². The van der Waals surface area contributed by atoms with Crippen molar-refractivity contribution >= 4 is 11.8 Å². The van der Waals surface area contributed by atoms with Crippen LogP contribution in [0.3, 0.4) is 0 Å². The third-order valence-corrected chi connectivity index (χ3v) is 2.87. The van der Waals surface area contributed by atoms with Crippen molar-refractivity contribution in [3.63, 3.8) is 0 Å². The molecule has 0 aliphatic rings. The summed E-state index contributed by atoms with van der Waals surface area (Å²) in [5.41, 5.74) is 6.22. The van der Waals surface area contributed by atoms with Gasteiger partial charge in [-0.1, -0.05) is 30.3 Å². The zero-order chi connectivity index (χ0) is 15.1. The molecule has 3 atom stereocenters. The number of hydrogen-bond acceptors (Lipinski definition) is 4. The summed E-state index contributed by atoms with van der Waals surface area (Å²) in [6, 6.07) is 7.23. The molecular formula is C14H21N3O3. The Morgan fingerprint density at radius 2 is 1.75 bits per heavy atom. The second-order valence-corrected chi connectivity index (χ2v) is 4.67. The Morgan fingerprint density at radius 3 is 2.25 bits per heavy atom. The minimum absolute atomic E-state index is 0.219. The van der Waals surface area contributed by atoms with Crippen molar-refractivity contribution in [2.24, 2.45) is 5.73 Å². The molecule has 6 nitrogen and oxygen atoms in total. The number of hydrogen-bond donors (Lipinski definition) is 4. The first-order valence-corrected chi connectivity index (χ1v) is 6.47. The van der Waals surface area contributed by atoms with E-state index in [0.29, 0.717) is 0 Å². The molecule has 1 rings (SSSR count). The maximum atomic E-state index is 12.0. The number of benzene rings is 1. The van der Waals surface area contributed by atoms with E-state index in [9.17, 15) is 14.7 Å². The van der Waals surface area contributed by atoms with Gasteiger partial charge in [0.05, 0.1) is 18.7 Å². The lowest BCUT2D eigenvalue weighted by molar-refractivity contribution is -0.129. The fraction of sp³-hybridized carbons (Fsp3) is 0.429. The van der Waals surface area contributed by atoms with Crippen LogP contribution in [0.4, 0.5) is 0 Å². The maximum Gasteiger partial charge on any atom is 0.242 e. The number of carbonyl (C=O) groups excluding carboxylic acids is 2. The number of nitrogens with two attached hydrogens (primary N) is 1. The van der Waals surface area contributed by atoms with E-state index in [1.165, 1.54) is 0 Å². The Hall–Kier alpha value is -1.92. The normalized spacial score (nSPS) is 15.0. The molecule has 0 fully saturated rings. The van der Waals surface area contributed by atoms with Crippen molar-refractivity contribution in [2.75, 3.05) is 6.61 Å². The molecule has 0 saturated carbocycles. The van der Waals surface area contributed by atoms with Crippen LogP contribution in [0.2, 0.25) is 0 Å². The second-order valence-electron chi connectivity index (χ2n) is 4.67. The summed E-state index contributed by atoms with van der Waals surface area (Å²) < 4.78 is 0. The van der Waals surface area contributed by atoms with Gasteiger partial charge in [-0.3, -0.25) is 9.59 Å². The molecule has 0 bridgehead atoms. The Labute approximate surface area is 118 Å². The van der Waals surface area contributed by atoms with Gasteiger partial charge < -0.3 is 21.5 Å². The van der Waals surface area contributed by atoms with Crippen molar-refractivity contribution in [3.05, 3.63) is 35.9 Å². The Kier molecular flexibility index (Phi) is 6.14. The van der Waals surface area contributed by atoms with Crippen molar-refractivity contribution in [1.29, 1.82) is 0 Å². The van der Waals surface area contributed by atoms with Crippen LogP contribution in [0.15, 0.2) is 30.3 Å². The van der Waals surface area contributed by atoms with E-state index in [-0.39, 0.29) is 12.5 Å². The van der Waals surface area contributed by atoms with E-state index < -0.39 is 24.0 Å². The van der Waals surface area contributed by atoms with Gasteiger partial charge in [0.1, 0.15) is 6.04 Å². The summed E-state index contributed by atoms with van der Waals surface area (Å²) in [5.74, 6) is -0.769. The first kappa shape index (κ1) is 16.1. The summed E-state index contributed by atoms with van der Waals surface area (Å²) in [6.07, 6.45) is 0. The topological polar surface area (TPSA) is 104 Å². The maximum absolute atomic E-state index is 12.0. The molecule has 2 amide bonds. The second kappa shape index (κ2) is 7.62. The van der Waals surface area contributed by atoms with Gasteiger partial charge in [0.25, 0.3) is 0 Å². The van der Waals surface area contributed by atoms with Crippen LogP contribution >= 0.6 is 0 Å². The molecule has 6 heteroatoms. The summed E-state index contributed by atoms with van der Waals surface area (Å²) >= 11 is 0. The average Bonchev–Trinajstić information content (AvgIpc) is 2.45. The van der Waals surface area contributed by atoms with Crippen LogP contribution in [0, 0.1) is 0 Å². The van der Waals surface area contributed by atoms with Gasteiger partial charge in [0.15, 0.2) is 0 Å². The van der Waals surface area contributed by atoms with Crippen molar-refractivity contribution in [3.8, 4) is 0 Å². The van der Waals surface area contributed by atoms with Gasteiger partial charge in [-0.15, -0.1) is 0 Å². The minimum atomic E-state index is -0.716. The fourth-order valence-electron chi connectivity index (χ4n) is 1.63. The molecule has 0 radical (unpaired) electrons. The van der Waals surface area contributed by atoms with E-state index in [2.05, 4.69) is 10.6 Å². The van der Waals surface area contributed by atoms with E-state index >= 15 is 0 Å². The van der Waals surface area contributed by atoms with Crippen LogP contribution in [0.1, 0.15) is 25.5 Å². The predicted octanol–water partition coefficient (Wildman–Crippen LogP) is -0.312. The van der Waals surface area contributed by atoms with Crippen molar-refractivity contribution in [1.82, 2.24) is 10.6 Å². The lowest BCUT2D eigenvalue weighted by Crippen LogP contribution is -2.50. The van der Waals surface area contributed by atoms with Gasteiger partial charge in [-0.25, -0.2) is 0 Å². The van der Waals surface area contributed by atoms with E-state index in [4.69, 9.17) is 5.73 Å². The van der Waals surface area contributed by atoms with E-state index in [0.717, 1.165) is 5.56 Å². The Balaban J connectivity index is 2.62. The standard InChI is InChI=1S/C14H21N3O3/c1-9(15)13(19)16-10(2)14(20)17-12(8-18)11-6-4-3-5-7-11/h3-7,9-10,12,18H,8,15H2,1-2H3,(H,16,19)(H,17,20)/t9-,10-,12+/m0/s1. The number of nitrogens with one attached hydrogen (secondary N) is 2. The highest BCUT2D eigenvalue weighted by Crippen LogP contribution is 2.11. The van der Waals surface area contributed by atoms with Crippen LogP contribution < -0.4 is 16.4 Å². The average molecular weight is 279 g/mol. The number of amides is 2. The summed E-state index contributed by atoms with van der Waals surface area (Å²) in [4.78, 5) is 23.4. The number of aliphatic hydroxyl groups is 1. The summed E-state index contributed by atoms with van der Waals surface area (Å²) in [7, 11) is 0. The lowest BCUT2D eigenvalue weighted by atomic mass is 10.1. The molecule has 20 heavy (non-hydrogen) atoms. The van der Waals surface area contributed by atoms with Crippen molar-refractivity contribution < 1.29 is 14.7 Å². The van der Waals surface area contributed by atoms with E-state index in [1.54, 1.807) is 13.8 Å². The molecule has 0 aliphatic carbocycles. The predicted molar refractivity (Wildman–Crippen MR) is 75.7 cm³/mol.